The molecule has 3 fully saturated rings. The minimum Gasteiger partial charge on any atom is -0.387 e. The zero-order valence-electron chi connectivity index (χ0n) is 27.5. The first-order valence-electron chi connectivity index (χ1n) is 16.3. The quantitative estimate of drug-likeness (QED) is 0.0306. The molecule has 10 N–H and O–H groups in total. The molecule has 3 aliphatic heterocycles. The highest BCUT2D eigenvalue weighted by Crippen LogP contribution is 2.51. The lowest BCUT2D eigenvalue weighted by atomic mass is 9.98. The molecule has 16 atom stereocenters. The molecule has 0 radical (unpaired) electrons. The number of methoxy groups -OCH3 is 1. The third kappa shape index (κ3) is 13.5. The molecule has 3 rings (SSSR count). The minimum absolute atomic E-state index is 0.0627. The van der Waals surface area contributed by atoms with Gasteiger partial charge in [-0.15, -0.1) is 0 Å². The molecule has 0 aromatic heterocycles. The van der Waals surface area contributed by atoms with Gasteiger partial charge >= 0.3 is 5.24 Å². The molecule has 0 saturated carbocycles. The van der Waals surface area contributed by atoms with Crippen molar-refractivity contribution in [3.05, 3.63) is 0 Å². The van der Waals surface area contributed by atoms with Gasteiger partial charge < -0.3 is 93.3 Å². The van der Waals surface area contributed by atoms with Crippen molar-refractivity contribution >= 4 is 27.3 Å². The summed E-state index contributed by atoms with van der Waals surface area (Å²) in [6.45, 7) is -0.212. The van der Waals surface area contributed by atoms with Gasteiger partial charge in [0, 0.05) is 26.9 Å². The topological polar surface area (TPSA) is 302 Å². The average molecular weight is 867 g/mol. The van der Waals surface area contributed by atoms with Gasteiger partial charge in [-0.25, -0.2) is 4.57 Å². The molecule has 3 aliphatic rings. The molecule has 0 bridgehead atoms. The standard InChI is InChI=1S/C28H52IO20P/c1-41-7-5-6-8-42-11-14-17(30)20(33)24(37)27(47-14)44-13-16-19(32)22(35)25(38)28(49-16)45-12-15-18(31)21(34)23(36)26(48-15)43-9-3-2-4-10-46-50(29,39)40/h14-28,30-38H,2-13H2,1H3,(H,39,40). The Morgan fingerprint density at radius 2 is 0.920 bits per heavy atom. The van der Waals surface area contributed by atoms with E-state index in [1.54, 1.807) is 7.11 Å². The highest BCUT2D eigenvalue weighted by atomic mass is 127. The Hall–Kier alpha value is 0.200. The lowest BCUT2D eigenvalue weighted by molar-refractivity contribution is -0.342. The monoisotopic (exact) mass is 866 g/mol. The number of halogens is 1. The van der Waals surface area contributed by atoms with Crippen LogP contribution >= 0.6 is 27.3 Å². The summed E-state index contributed by atoms with van der Waals surface area (Å²) in [5.74, 6) is 0. The number of hydrogen-bond donors (Lipinski definition) is 10. The van der Waals surface area contributed by atoms with E-state index in [4.69, 9.17) is 47.3 Å². The van der Waals surface area contributed by atoms with Crippen LogP contribution in [0.25, 0.3) is 0 Å². The second-order valence-corrected chi connectivity index (χ2v) is 17.0. The Balaban J connectivity index is 1.49. The van der Waals surface area contributed by atoms with Crippen molar-refractivity contribution in [2.24, 2.45) is 0 Å². The van der Waals surface area contributed by atoms with Crippen LogP contribution in [-0.2, 0) is 47.0 Å². The molecular formula is C28H52IO20P. The highest BCUT2D eigenvalue weighted by Gasteiger charge is 2.49. The van der Waals surface area contributed by atoms with Crippen molar-refractivity contribution in [3.63, 3.8) is 0 Å². The third-order valence-corrected chi connectivity index (χ3v) is 9.68. The average Bonchev–Trinajstić information content (AvgIpc) is 3.07. The molecule has 0 aliphatic carbocycles. The van der Waals surface area contributed by atoms with Gasteiger partial charge in [0.2, 0.25) is 0 Å². The Morgan fingerprint density at radius 3 is 1.38 bits per heavy atom. The Kier molecular flexibility index (Phi) is 19.6. The fourth-order valence-electron chi connectivity index (χ4n) is 5.36. The molecule has 3 heterocycles. The van der Waals surface area contributed by atoms with Crippen molar-refractivity contribution in [3.8, 4) is 0 Å². The van der Waals surface area contributed by atoms with Crippen molar-refractivity contribution in [2.45, 2.75) is 124 Å². The summed E-state index contributed by atoms with van der Waals surface area (Å²) in [5.41, 5.74) is 0. The molecule has 16 unspecified atom stereocenters. The summed E-state index contributed by atoms with van der Waals surface area (Å²) in [6.07, 6.45) is -20.5. The SMILES string of the molecule is COCCCCOCC1OC(OCC2OC(OCC3OC(OCCCCCOP(=O)(O)I)C(O)C(O)C3O)C(O)C(O)C2O)C(O)C(O)C1O. The largest absolute Gasteiger partial charge is 0.387 e. The van der Waals surface area contributed by atoms with E-state index in [2.05, 4.69) is 0 Å². The normalized spacial score (nSPS) is 40.8. The van der Waals surface area contributed by atoms with E-state index in [0.29, 0.717) is 38.9 Å². The molecule has 296 valence electrons. The first kappa shape index (κ1) is 44.6. The number of ether oxygens (including phenoxy) is 8. The first-order valence-corrected chi connectivity index (χ1v) is 20.7. The number of unbranched alkanes of at least 4 members (excludes halogenated alkanes) is 3. The summed E-state index contributed by atoms with van der Waals surface area (Å²) in [6, 6.07) is 0. The molecule has 22 heteroatoms. The van der Waals surface area contributed by atoms with Gasteiger partial charge in [0.15, 0.2) is 18.9 Å². The number of rotatable bonds is 21. The van der Waals surface area contributed by atoms with Crippen LogP contribution in [0.15, 0.2) is 0 Å². The van der Waals surface area contributed by atoms with Crippen LogP contribution in [0.5, 0.6) is 0 Å². The predicted octanol–water partition coefficient (Wildman–Crippen LogP) is -3.38. The summed E-state index contributed by atoms with van der Waals surface area (Å²) in [5, 5.41) is 90.3. The summed E-state index contributed by atoms with van der Waals surface area (Å²) < 4.78 is 59.9. The maximum absolute atomic E-state index is 11.1. The lowest BCUT2D eigenvalue weighted by Gasteiger charge is -2.44. The van der Waals surface area contributed by atoms with Crippen LogP contribution in [0.2, 0.25) is 0 Å². The zero-order valence-corrected chi connectivity index (χ0v) is 30.6. The van der Waals surface area contributed by atoms with Gasteiger partial charge in [0.25, 0.3) is 0 Å². The second-order valence-electron chi connectivity index (χ2n) is 12.2. The Labute approximate surface area is 302 Å². The minimum atomic E-state index is -3.60. The number of hydrogen-bond acceptors (Lipinski definition) is 19. The smallest absolute Gasteiger partial charge is 0.386 e. The maximum atomic E-state index is 11.1. The van der Waals surface area contributed by atoms with Crippen molar-refractivity contribution in [2.75, 3.05) is 53.4 Å². The van der Waals surface area contributed by atoms with Crippen molar-refractivity contribution in [1.82, 2.24) is 0 Å². The summed E-state index contributed by atoms with van der Waals surface area (Å²) in [4.78, 5) is 9.13. The van der Waals surface area contributed by atoms with E-state index in [0.717, 1.165) is 6.42 Å². The third-order valence-electron chi connectivity index (χ3n) is 8.35. The Morgan fingerprint density at radius 1 is 0.520 bits per heavy atom. The highest BCUT2D eigenvalue weighted by molar-refractivity contribution is 14.2. The van der Waals surface area contributed by atoms with E-state index in [-0.39, 0.29) is 19.8 Å². The molecule has 0 spiro atoms. The van der Waals surface area contributed by atoms with Crippen LogP contribution in [0, 0.1) is 0 Å². The van der Waals surface area contributed by atoms with Crippen LogP contribution in [0.4, 0.5) is 0 Å². The molecule has 50 heavy (non-hydrogen) atoms. The van der Waals surface area contributed by atoms with E-state index >= 15 is 0 Å². The summed E-state index contributed by atoms with van der Waals surface area (Å²) >= 11 is 1.31. The lowest BCUT2D eigenvalue weighted by Crippen LogP contribution is -2.62. The molecule has 20 nitrogen and oxygen atoms in total. The van der Waals surface area contributed by atoms with E-state index < -0.39 is 111 Å². The fraction of sp³-hybridized carbons (Fsp3) is 1.00. The van der Waals surface area contributed by atoms with Gasteiger partial charge in [0.05, 0.1) is 48.5 Å². The zero-order chi connectivity index (χ0) is 37.0. The molecule has 0 amide bonds. The van der Waals surface area contributed by atoms with Crippen molar-refractivity contribution < 1.29 is 97.8 Å². The molecule has 3 saturated heterocycles. The molecule has 0 aromatic carbocycles. The van der Waals surface area contributed by atoms with E-state index in [9.17, 15) is 50.5 Å². The van der Waals surface area contributed by atoms with Gasteiger partial charge in [-0.3, -0.25) is 0 Å². The van der Waals surface area contributed by atoms with Crippen LogP contribution < -0.4 is 0 Å². The van der Waals surface area contributed by atoms with E-state index in [1.807, 2.05) is 0 Å². The van der Waals surface area contributed by atoms with Gasteiger partial charge in [-0.05, 0) is 32.1 Å². The predicted molar refractivity (Wildman–Crippen MR) is 173 cm³/mol. The fourth-order valence-corrected chi connectivity index (χ4v) is 6.31. The van der Waals surface area contributed by atoms with Gasteiger partial charge in [-0.2, -0.15) is 0 Å². The van der Waals surface area contributed by atoms with Crippen molar-refractivity contribution in [1.29, 1.82) is 0 Å². The second kappa shape index (κ2) is 21.9. The van der Waals surface area contributed by atoms with Crippen LogP contribution in [0.3, 0.4) is 0 Å². The molecule has 0 aromatic rings. The maximum Gasteiger partial charge on any atom is 0.386 e. The van der Waals surface area contributed by atoms with Gasteiger partial charge in [0.1, 0.15) is 73.2 Å². The number of aliphatic hydroxyl groups is 9. The molecular weight excluding hydrogens is 814 g/mol. The number of aliphatic hydroxyl groups excluding tert-OH is 9. The first-order chi connectivity index (χ1) is 23.7. The summed E-state index contributed by atoms with van der Waals surface area (Å²) in [7, 11) is 1.58. The van der Waals surface area contributed by atoms with E-state index in [1.165, 1.54) is 22.0 Å². The van der Waals surface area contributed by atoms with Crippen LogP contribution in [0.1, 0.15) is 32.1 Å². The van der Waals surface area contributed by atoms with Gasteiger partial charge in [-0.1, -0.05) is 0 Å². The Bertz CT molecular complexity index is 999. The van der Waals surface area contributed by atoms with Crippen LogP contribution in [-0.4, -0.2) is 196 Å².